The quantitative estimate of drug-likeness (QED) is 0.239. The van der Waals surface area contributed by atoms with Gasteiger partial charge in [0.1, 0.15) is 5.69 Å². The molecule has 0 saturated heterocycles. The maximum Gasteiger partial charge on any atom is 0.416 e. The van der Waals surface area contributed by atoms with Crippen LogP contribution in [-0.4, -0.2) is 27.2 Å². The number of alkyl halides is 3. The summed E-state index contributed by atoms with van der Waals surface area (Å²) >= 11 is 0. The van der Waals surface area contributed by atoms with Gasteiger partial charge in [0.05, 0.1) is 32.7 Å². The molecule has 6 aromatic rings. The van der Waals surface area contributed by atoms with E-state index in [0.29, 0.717) is 27.8 Å². The zero-order valence-corrected chi connectivity index (χ0v) is 20.9. The summed E-state index contributed by atoms with van der Waals surface area (Å²) in [6, 6.07) is 28.5. The van der Waals surface area contributed by atoms with Gasteiger partial charge in [-0.15, -0.1) is 0 Å². The molecular weight excluding hydrogens is 525 g/mol. The molecule has 4 aromatic carbocycles. The van der Waals surface area contributed by atoms with Crippen LogP contribution in [0, 0.1) is 0 Å². The molecule has 6 nitrogen and oxygen atoms in total. The molecule has 0 bridgehead atoms. The van der Waals surface area contributed by atoms with Crippen LogP contribution >= 0.6 is 0 Å². The van der Waals surface area contributed by atoms with E-state index in [-0.39, 0.29) is 16.4 Å². The third-order valence-electron chi connectivity index (χ3n) is 6.26. The number of hydrogen-bond donors (Lipinski definition) is 0. The van der Waals surface area contributed by atoms with Crippen molar-refractivity contribution in [3.8, 4) is 28.3 Å². The summed E-state index contributed by atoms with van der Waals surface area (Å²) < 4.78 is 70.4. The largest absolute Gasteiger partial charge is 0.416 e. The van der Waals surface area contributed by atoms with E-state index in [4.69, 9.17) is 0 Å². The van der Waals surface area contributed by atoms with E-state index in [1.807, 2.05) is 30.3 Å². The number of rotatable bonds is 5. The van der Waals surface area contributed by atoms with Crippen molar-refractivity contribution in [3.05, 3.63) is 121 Å². The Bertz CT molecular complexity index is 1900. The van der Waals surface area contributed by atoms with Gasteiger partial charge in [-0.2, -0.15) is 18.3 Å². The molecule has 0 unspecified atom stereocenters. The van der Waals surface area contributed by atoms with Crippen LogP contribution in [-0.2, 0) is 16.2 Å². The predicted molar refractivity (Wildman–Crippen MR) is 142 cm³/mol. The van der Waals surface area contributed by atoms with Crippen LogP contribution in [0.25, 0.3) is 39.4 Å². The third kappa shape index (κ3) is 4.38. The highest BCUT2D eigenvalue weighted by Gasteiger charge is 2.31. The van der Waals surface area contributed by atoms with Crippen LogP contribution in [0.3, 0.4) is 0 Å². The molecule has 0 N–H and O–H groups in total. The van der Waals surface area contributed by atoms with Crippen molar-refractivity contribution in [2.75, 3.05) is 0 Å². The van der Waals surface area contributed by atoms with Crippen molar-refractivity contribution in [2.24, 2.45) is 0 Å². The van der Waals surface area contributed by atoms with Gasteiger partial charge in [-0.05, 0) is 48.5 Å². The lowest BCUT2D eigenvalue weighted by molar-refractivity contribution is -0.137. The molecule has 0 radical (unpaired) electrons. The zero-order chi connectivity index (χ0) is 27.2. The second kappa shape index (κ2) is 9.25. The van der Waals surface area contributed by atoms with Crippen molar-refractivity contribution in [2.45, 2.75) is 11.1 Å². The minimum Gasteiger partial charge on any atom is -0.240 e. The van der Waals surface area contributed by atoms with Gasteiger partial charge in [-0.3, -0.25) is 0 Å². The van der Waals surface area contributed by atoms with Crippen molar-refractivity contribution in [1.82, 2.24) is 18.7 Å². The van der Waals surface area contributed by atoms with Crippen LogP contribution in [0.2, 0.25) is 0 Å². The van der Waals surface area contributed by atoms with Crippen molar-refractivity contribution in [3.63, 3.8) is 0 Å². The minimum absolute atomic E-state index is 0.0703. The second-order valence-corrected chi connectivity index (χ2v) is 10.5. The number of aromatic nitrogens is 4. The monoisotopic (exact) mass is 544 g/mol. The molecule has 0 aliphatic heterocycles. The maximum atomic E-state index is 14.0. The standard InChI is InChI=1S/C29H19F3N4O2S/c30-29(31,32)21-17-15-20(16-18-21)27-24(19-35(34-27)22-9-3-1-4-10-22)28-33-25-13-7-8-14-26(25)36(28)39(37,38)23-11-5-2-6-12-23/h1-19H. The highest BCUT2D eigenvalue weighted by molar-refractivity contribution is 7.90. The number of halogens is 3. The van der Waals surface area contributed by atoms with Gasteiger partial charge in [0, 0.05) is 11.8 Å². The first-order valence-corrected chi connectivity index (χ1v) is 13.3. The molecule has 0 aliphatic carbocycles. The number of hydrogen-bond acceptors (Lipinski definition) is 4. The van der Waals surface area contributed by atoms with Crippen LogP contribution in [0.5, 0.6) is 0 Å². The highest BCUT2D eigenvalue weighted by Crippen LogP contribution is 2.37. The van der Waals surface area contributed by atoms with Gasteiger partial charge in [0.15, 0.2) is 5.82 Å². The summed E-state index contributed by atoms with van der Waals surface area (Å²) in [5.41, 5.74) is 1.70. The Morgan fingerprint density at radius 3 is 2.00 bits per heavy atom. The third-order valence-corrected chi connectivity index (χ3v) is 7.98. The van der Waals surface area contributed by atoms with E-state index in [2.05, 4.69) is 10.1 Å². The molecular formula is C29H19F3N4O2S. The molecule has 0 amide bonds. The summed E-state index contributed by atoms with van der Waals surface area (Å²) in [6.45, 7) is 0. The van der Waals surface area contributed by atoms with E-state index >= 15 is 0 Å². The fraction of sp³-hybridized carbons (Fsp3) is 0.0345. The average Bonchev–Trinajstić information content (AvgIpc) is 3.56. The predicted octanol–water partition coefficient (Wildman–Crippen LogP) is 6.81. The first kappa shape index (κ1) is 24.6. The van der Waals surface area contributed by atoms with E-state index in [9.17, 15) is 21.6 Å². The summed E-state index contributed by atoms with van der Waals surface area (Å²) in [5, 5.41) is 4.67. The Morgan fingerprint density at radius 1 is 0.718 bits per heavy atom. The van der Waals surface area contributed by atoms with Gasteiger partial charge < -0.3 is 0 Å². The van der Waals surface area contributed by atoms with Crippen LogP contribution < -0.4 is 0 Å². The second-order valence-electron chi connectivity index (χ2n) is 8.75. The van der Waals surface area contributed by atoms with Crippen molar-refractivity contribution in [1.29, 1.82) is 0 Å². The number of fused-ring (bicyclic) bond motifs is 1. The number of para-hydroxylation sites is 3. The van der Waals surface area contributed by atoms with Crippen LogP contribution in [0.1, 0.15) is 5.56 Å². The fourth-order valence-corrected chi connectivity index (χ4v) is 5.89. The summed E-state index contributed by atoms with van der Waals surface area (Å²) in [5.74, 6) is 0.0946. The van der Waals surface area contributed by atoms with Crippen LogP contribution in [0.4, 0.5) is 13.2 Å². The van der Waals surface area contributed by atoms with Crippen molar-refractivity contribution < 1.29 is 21.6 Å². The molecule has 0 saturated carbocycles. The molecule has 0 atom stereocenters. The van der Waals surface area contributed by atoms with Gasteiger partial charge >= 0.3 is 6.18 Å². The molecule has 0 spiro atoms. The topological polar surface area (TPSA) is 69.8 Å². The van der Waals surface area contributed by atoms with Gasteiger partial charge in [0.2, 0.25) is 0 Å². The Balaban J connectivity index is 1.64. The molecule has 39 heavy (non-hydrogen) atoms. The number of imidazole rings is 1. The molecule has 0 fully saturated rings. The normalized spacial score (nSPS) is 12.2. The van der Waals surface area contributed by atoms with Gasteiger partial charge in [-0.25, -0.2) is 22.1 Å². The van der Waals surface area contributed by atoms with E-state index in [1.165, 1.54) is 24.3 Å². The zero-order valence-electron chi connectivity index (χ0n) is 20.1. The number of nitrogens with zero attached hydrogens (tertiary/aromatic N) is 4. The van der Waals surface area contributed by atoms with E-state index in [1.54, 1.807) is 53.3 Å². The van der Waals surface area contributed by atoms with Gasteiger partial charge in [-0.1, -0.05) is 60.7 Å². The van der Waals surface area contributed by atoms with E-state index in [0.717, 1.165) is 16.1 Å². The highest BCUT2D eigenvalue weighted by atomic mass is 32.2. The first-order valence-electron chi connectivity index (χ1n) is 11.8. The van der Waals surface area contributed by atoms with Crippen LogP contribution in [0.15, 0.2) is 120 Å². The SMILES string of the molecule is O=S(=O)(c1ccccc1)n1c(-c2cn(-c3ccccc3)nc2-c2ccc(C(F)(F)F)cc2)nc2ccccc21. The fourth-order valence-electron chi connectivity index (χ4n) is 4.40. The summed E-state index contributed by atoms with van der Waals surface area (Å²) in [6.07, 6.45) is -2.86. The maximum absolute atomic E-state index is 14.0. The Kier molecular flexibility index (Phi) is 5.84. The van der Waals surface area contributed by atoms with Gasteiger partial charge in [0.25, 0.3) is 10.0 Å². The Labute approximate surface area is 221 Å². The summed E-state index contributed by atoms with van der Waals surface area (Å²) in [7, 11) is -4.11. The molecule has 6 rings (SSSR count). The molecule has 10 heteroatoms. The van der Waals surface area contributed by atoms with E-state index < -0.39 is 21.8 Å². The molecule has 2 aromatic heterocycles. The lowest BCUT2D eigenvalue weighted by atomic mass is 10.1. The Hall–Kier alpha value is -4.70. The minimum atomic E-state index is -4.50. The Morgan fingerprint density at radius 2 is 1.33 bits per heavy atom. The smallest absolute Gasteiger partial charge is 0.240 e. The molecule has 0 aliphatic rings. The summed E-state index contributed by atoms with van der Waals surface area (Å²) in [4.78, 5) is 4.75. The lowest BCUT2D eigenvalue weighted by Crippen LogP contribution is -2.14. The number of benzene rings is 4. The lowest BCUT2D eigenvalue weighted by Gasteiger charge is -2.11. The van der Waals surface area contributed by atoms with Crippen molar-refractivity contribution >= 4 is 21.1 Å². The average molecular weight is 545 g/mol. The first-order chi connectivity index (χ1) is 18.7. The molecule has 2 heterocycles. The molecule has 194 valence electrons.